The Morgan fingerprint density at radius 1 is 1.08 bits per heavy atom. The Hall–Kier alpha value is -1.55. The minimum atomic E-state index is 0.151. The Kier molecular flexibility index (Phi) is 5.44. The number of nitrogens with zero attached hydrogens (tertiary/aromatic N) is 2. The first-order valence-electron chi connectivity index (χ1n) is 9.37. The molecule has 0 atom stereocenters. The van der Waals surface area contributed by atoms with Gasteiger partial charge in [0.15, 0.2) is 0 Å². The summed E-state index contributed by atoms with van der Waals surface area (Å²) in [5.41, 5.74) is 2.49. The maximum Gasteiger partial charge on any atom is 0.224 e. The summed E-state index contributed by atoms with van der Waals surface area (Å²) in [6.07, 6.45) is 8.19. The predicted octanol–water partition coefficient (Wildman–Crippen LogP) is 2.82. The van der Waals surface area contributed by atoms with Gasteiger partial charge in [-0.05, 0) is 56.5 Å². The number of carbonyl (C=O) groups is 1. The van der Waals surface area contributed by atoms with Crippen LogP contribution < -0.4 is 10.2 Å². The average Bonchev–Trinajstić information content (AvgIpc) is 3.26. The third-order valence-electron chi connectivity index (χ3n) is 5.74. The Labute approximate surface area is 146 Å². The fraction of sp³-hybridized carbons (Fsp3) is 0.650. The lowest BCUT2D eigenvalue weighted by molar-refractivity contribution is -0.121. The zero-order valence-electron chi connectivity index (χ0n) is 15.2. The zero-order chi connectivity index (χ0) is 17.0. The van der Waals surface area contributed by atoms with E-state index in [9.17, 15) is 4.79 Å². The molecule has 1 amide bonds. The van der Waals surface area contributed by atoms with Crippen molar-refractivity contribution >= 4 is 11.6 Å². The van der Waals surface area contributed by atoms with Gasteiger partial charge in [-0.2, -0.15) is 0 Å². The summed E-state index contributed by atoms with van der Waals surface area (Å²) in [4.78, 5) is 17.1. The van der Waals surface area contributed by atoms with Gasteiger partial charge in [0.2, 0.25) is 5.91 Å². The highest BCUT2D eigenvalue weighted by Gasteiger charge is 2.40. The molecule has 1 saturated carbocycles. The van der Waals surface area contributed by atoms with E-state index in [1.807, 2.05) is 14.1 Å². The van der Waals surface area contributed by atoms with Crippen molar-refractivity contribution < 1.29 is 4.79 Å². The molecular formula is C20H31N3O. The van der Waals surface area contributed by atoms with Crippen LogP contribution in [-0.2, 0) is 11.2 Å². The molecule has 24 heavy (non-hydrogen) atoms. The van der Waals surface area contributed by atoms with Gasteiger partial charge in [0.1, 0.15) is 0 Å². The van der Waals surface area contributed by atoms with Crippen molar-refractivity contribution in [1.29, 1.82) is 0 Å². The molecule has 2 aliphatic rings. The first-order valence-corrected chi connectivity index (χ1v) is 9.37. The van der Waals surface area contributed by atoms with E-state index >= 15 is 0 Å². The van der Waals surface area contributed by atoms with Crippen molar-refractivity contribution in [3.63, 3.8) is 0 Å². The number of nitrogens with one attached hydrogen (secondary N) is 1. The van der Waals surface area contributed by atoms with Gasteiger partial charge in [0, 0.05) is 31.9 Å². The maximum absolute atomic E-state index is 12.4. The Bertz CT molecular complexity index is 541. The van der Waals surface area contributed by atoms with E-state index in [0.29, 0.717) is 6.42 Å². The van der Waals surface area contributed by atoms with Crippen LogP contribution in [0.25, 0.3) is 0 Å². The lowest BCUT2D eigenvalue weighted by atomic mass is 9.95. The van der Waals surface area contributed by atoms with E-state index in [1.54, 1.807) is 0 Å². The molecule has 1 saturated heterocycles. The van der Waals surface area contributed by atoms with Crippen LogP contribution in [0.2, 0.25) is 0 Å². The van der Waals surface area contributed by atoms with Gasteiger partial charge in [0.25, 0.3) is 0 Å². The van der Waals surface area contributed by atoms with E-state index in [-0.39, 0.29) is 11.4 Å². The number of benzene rings is 1. The Morgan fingerprint density at radius 2 is 1.71 bits per heavy atom. The van der Waals surface area contributed by atoms with Gasteiger partial charge < -0.3 is 10.2 Å². The normalized spacial score (nSPS) is 20.2. The SMILES string of the molecule is CN(C)c1ccc(CC(=O)NCC2(N3CCCC3)CCCC2)cc1. The predicted molar refractivity (Wildman–Crippen MR) is 99.5 cm³/mol. The van der Waals surface area contributed by atoms with Gasteiger partial charge in [0.05, 0.1) is 6.42 Å². The highest BCUT2D eigenvalue weighted by Crippen LogP contribution is 2.36. The molecule has 0 radical (unpaired) electrons. The maximum atomic E-state index is 12.4. The monoisotopic (exact) mass is 329 g/mol. The van der Waals surface area contributed by atoms with Crippen LogP contribution in [0.4, 0.5) is 5.69 Å². The highest BCUT2D eigenvalue weighted by atomic mass is 16.1. The van der Waals surface area contributed by atoms with Crippen LogP contribution in [0.1, 0.15) is 44.1 Å². The molecule has 1 aromatic rings. The third-order valence-corrected chi connectivity index (χ3v) is 5.74. The summed E-state index contributed by atoms with van der Waals surface area (Å²) < 4.78 is 0. The molecular weight excluding hydrogens is 298 g/mol. The summed E-state index contributed by atoms with van der Waals surface area (Å²) in [6.45, 7) is 3.24. The second-order valence-corrected chi connectivity index (χ2v) is 7.64. The molecule has 1 N–H and O–H groups in total. The average molecular weight is 329 g/mol. The van der Waals surface area contributed by atoms with E-state index in [0.717, 1.165) is 17.8 Å². The van der Waals surface area contributed by atoms with E-state index in [1.165, 1.54) is 51.6 Å². The van der Waals surface area contributed by atoms with Crippen LogP contribution in [0.15, 0.2) is 24.3 Å². The van der Waals surface area contributed by atoms with Crippen LogP contribution in [-0.4, -0.2) is 50.1 Å². The van der Waals surface area contributed by atoms with Crippen LogP contribution in [0.3, 0.4) is 0 Å². The summed E-state index contributed by atoms with van der Waals surface area (Å²) >= 11 is 0. The smallest absolute Gasteiger partial charge is 0.224 e. The minimum Gasteiger partial charge on any atom is -0.378 e. The molecule has 2 fully saturated rings. The fourth-order valence-electron chi connectivity index (χ4n) is 4.25. The van der Waals surface area contributed by atoms with Crippen LogP contribution in [0, 0.1) is 0 Å². The largest absolute Gasteiger partial charge is 0.378 e. The lowest BCUT2D eigenvalue weighted by Gasteiger charge is -2.39. The minimum absolute atomic E-state index is 0.151. The highest BCUT2D eigenvalue weighted by molar-refractivity contribution is 5.78. The van der Waals surface area contributed by atoms with Crippen LogP contribution >= 0.6 is 0 Å². The molecule has 1 aliphatic carbocycles. The number of likely N-dealkylation sites (tertiary alicyclic amines) is 1. The lowest BCUT2D eigenvalue weighted by Crippen LogP contribution is -2.53. The molecule has 4 heteroatoms. The standard InChI is InChI=1S/C20H31N3O/c1-22(2)18-9-7-17(8-10-18)15-19(24)21-16-20(11-3-4-12-20)23-13-5-6-14-23/h7-10H,3-6,11-16H2,1-2H3,(H,21,24). The topological polar surface area (TPSA) is 35.6 Å². The van der Waals surface area contributed by atoms with Crippen molar-refractivity contribution in [2.75, 3.05) is 38.6 Å². The molecule has 1 heterocycles. The number of carbonyl (C=O) groups excluding carboxylic acids is 1. The quantitative estimate of drug-likeness (QED) is 0.872. The van der Waals surface area contributed by atoms with Crippen molar-refractivity contribution in [1.82, 2.24) is 10.2 Å². The fourth-order valence-corrected chi connectivity index (χ4v) is 4.25. The second kappa shape index (κ2) is 7.56. The summed E-state index contributed by atoms with van der Waals surface area (Å²) in [7, 11) is 4.06. The molecule has 0 bridgehead atoms. The Morgan fingerprint density at radius 3 is 2.29 bits per heavy atom. The van der Waals surface area contributed by atoms with Gasteiger partial charge in [-0.3, -0.25) is 9.69 Å². The number of hydrogen-bond donors (Lipinski definition) is 1. The number of anilines is 1. The third kappa shape index (κ3) is 3.92. The molecule has 1 aliphatic heterocycles. The summed E-state index contributed by atoms with van der Waals surface area (Å²) in [5, 5.41) is 3.24. The summed E-state index contributed by atoms with van der Waals surface area (Å²) in [5.74, 6) is 0.151. The molecule has 0 spiro atoms. The molecule has 0 unspecified atom stereocenters. The van der Waals surface area contributed by atoms with Crippen molar-refractivity contribution in [2.45, 2.75) is 50.5 Å². The summed E-state index contributed by atoms with van der Waals surface area (Å²) in [6, 6.07) is 8.26. The first kappa shape index (κ1) is 17.3. The van der Waals surface area contributed by atoms with E-state index < -0.39 is 0 Å². The van der Waals surface area contributed by atoms with Crippen molar-refractivity contribution in [2.24, 2.45) is 0 Å². The van der Waals surface area contributed by atoms with Gasteiger partial charge in [-0.1, -0.05) is 25.0 Å². The Balaban J connectivity index is 1.54. The van der Waals surface area contributed by atoms with E-state index in [2.05, 4.69) is 39.4 Å². The second-order valence-electron chi connectivity index (χ2n) is 7.64. The molecule has 4 nitrogen and oxygen atoms in total. The van der Waals surface area contributed by atoms with Crippen LogP contribution in [0.5, 0.6) is 0 Å². The molecule has 0 aromatic heterocycles. The molecule has 132 valence electrons. The molecule has 1 aromatic carbocycles. The van der Waals surface area contributed by atoms with E-state index in [4.69, 9.17) is 0 Å². The number of amides is 1. The van der Waals surface area contributed by atoms with Crippen molar-refractivity contribution in [3.05, 3.63) is 29.8 Å². The number of rotatable bonds is 6. The van der Waals surface area contributed by atoms with Gasteiger partial charge >= 0.3 is 0 Å². The van der Waals surface area contributed by atoms with Gasteiger partial charge in [-0.15, -0.1) is 0 Å². The molecule has 3 rings (SSSR count). The van der Waals surface area contributed by atoms with Gasteiger partial charge in [-0.25, -0.2) is 0 Å². The number of hydrogen-bond acceptors (Lipinski definition) is 3. The first-order chi connectivity index (χ1) is 11.6. The van der Waals surface area contributed by atoms with Crippen molar-refractivity contribution in [3.8, 4) is 0 Å². The zero-order valence-corrected chi connectivity index (χ0v) is 15.2.